The first-order chi connectivity index (χ1) is 9.06. The summed E-state index contributed by atoms with van der Waals surface area (Å²) in [6.07, 6.45) is 0. The largest absolute Gasteiger partial charge is 0.482 e. The highest BCUT2D eigenvalue weighted by molar-refractivity contribution is 9.10. The predicted molar refractivity (Wildman–Crippen MR) is 70.3 cm³/mol. The Balaban J connectivity index is 2.02. The molecule has 0 aliphatic heterocycles. The van der Waals surface area contributed by atoms with E-state index in [1.807, 2.05) is 0 Å². The van der Waals surface area contributed by atoms with Crippen LogP contribution in [0.1, 0.15) is 10.4 Å². The molecule has 19 heavy (non-hydrogen) atoms. The highest BCUT2D eigenvalue weighted by Crippen LogP contribution is 2.18. The van der Waals surface area contributed by atoms with E-state index in [9.17, 15) is 13.6 Å². The molecule has 0 aliphatic carbocycles. The first-order valence-corrected chi connectivity index (χ1v) is 6.22. The lowest BCUT2D eigenvalue weighted by Crippen LogP contribution is -2.12. The Morgan fingerprint density at radius 2 is 1.79 bits per heavy atom. The van der Waals surface area contributed by atoms with E-state index in [4.69, 9.17) is 4.74 Å². The Bertz CT molecular complexity index is 597. The van der Waals surface area contributed by atoms with Crippen LogP contribution in [0.25, 0.3) is 0 Å². The molecule has 0 saturated carbocycles. The summed E-state index contributed by atoms with van der Waals surface area (Å²) in [6.45, 7) is -0.301. The van der Waals surface area contributed by atoms with E-state index in [0.29, 0.717) is 11.6 Å². The van der Waals surface area contributed by atoms with Crippen molar-refractivity contribution in [2.24, 2.45) is 0 Å². The molecule has 0 aromatic heterocycles. The van der Waals surface area contributed by atoms with Gasteiger partial charge < -0.3 is 4.74 Å². The monoisotopic (exact) mass is 326 g/mol. The Kier molecular flexibility index (Phi) is 4.27. The van der Waals surface area contributed by atoms with Gasteiger partial charge in [0.1, 0.15) is 5.82 Å². The lowest BCUT2D eigenvalue weighted by molar-refractivity contribution is 0.0918. The van der Waals surface area contributed by atoms with Crippen molar-refractivity contribution in [3.8, 4) is 5.75 Å². The summed E-state index contributed by atoms with van der Waals surface area (Å²) in [5, 5.41) is 0. The number of ketones is 1. The van der Waals surface area contributed by atoms with Crippen LogP contribution in [-0.4, -0.2) is 12.4 Å². The van der Waals surface area contributed by atoms with Gasteiger partial charge in [-0.3, -0.25) is 4.79 Å². The number of ether oxygens (including phenoxy) is 1. The van der Waals surface area contributed by atoms with Gasteiger partial charge in [0.2, 0.25) is 0 Å². The molecular weight excluding hydrogens is 318 g/mol. The zero-order valence-electron chi connectivity index (χ0n) is 9.70. The Morgan fingerprint density at radius 1 is 1.11 bits per heavy atom. The summed E-state index contributed by atoms with van der Waals surface area (Å²) in [7, 11) is 0. The SMILES string of the molecule is O=C(COc1ccc(F)cc1F)c1ccc(Br)cc1. The summed E-state index contributed by atoms with van der Waals surface area (Å²) in [5.41, 5.74) is 0.464. The molecule has 2 rings (SSSR count). The molecule has 0 unspecified atom stereocenters. The highest BCUT2D eigenvalue weighted by Gasteiger charge is 2.09. The number of carbonyl (C=O) groups excluding carboxylic acids is 1. The molecule has 0 aliphatic rings. The van der Waals surface area contributed by atoms with Gasteiger partial charge >= 0.3 is 0 Å². The molecule has 0 amide bonds. The van der Waals surface area contributed by atoms with Crippen LogP contribution >= 0.6 is 15.9 Å². The molecule has 0 fully saturated rings. The molecule has 0 radical (unpaired) electrons. The summed E-state index contributed by atoms with van der Waals surface area (Å²) in [4.78, 5) is 11.8. The van der Waals surface area contributed by atoms with Crippen molar-refractivity contribution in [1.82, 2.24) is 0 Å². The summed E-state index contributed by atoms with van der Waals surface area (Å²) < 4.78 is 31.8. The van der Waals surface area contributed by atoms with E-state index in [1.54, 1.807) is 24.3 Å². The molecule has 2 aromatic carbocycles. The van der Waals surface area contributed by atoms with Crippen molar-refractivity contribution in [1.29, 1.82) is 0 Å². The minimum Gasteiger partial charge on any atom is -0.482 e. The molecule has 2 nitrogen and oxygen atoms in total. The van der Waals surface area contributed by atoms with Crippen LogP contribution in [0.2, 0.25) is 0 Å². The van der Waals surface area contributed by atoms with Crippen molar-refractivity contribution in [2.45, 2.75) is 0 Å². The van der Waals surface area contributed by atoms with Gasteiger partial charge in [0.25, 0.3) is 0 Å². The van der Waals surface area contributed by atoms with Gasteiger partial charge in [0.15, 0.2) is 24.0 Å². The van der Waals surface area contributed by atoms with Crippen LogP contribution < -0.4 is 4.74 Å². The average molecular weight is 327 g/mol. The summed E-state index contributed by atoms with van der Waals surface area (Å²) in [6, 6.07) is 9.66. The van der Waals surface area contributed by atoms with Crippen molar-refractivity contribution < 1.29 is 18.3 Å². The highest BCUT2D eigenvalue weighted by atomic mass is 79.9. The minimum absolute atomic E-state index is 0.146. The zero-order valence-corrected chi connectivity index (χ0v) is 11.3. The number of carbonyl (C=O) groups is 1. The minimum atomic E-state index is -0.830. The van der Waals surface area contributed by atoms with E-state index in [1.165, 1.54) is 0 Å². The average Bonchev–Trinajstić information content (AvgIpc) is 2.38. The zero-order chi connectivity index (χ0) is 13.8. The van der Waals surface area contributed by atoms with Gasteiger partial charge in [-0.2, -0.15) is 0 Å². The van der Waals surface area contributed by atoms with E-state index >= 15 is 0 Å². The molecule has 0 saturated heterocycles. The fourth-order valence-corrected chi connectivity index (χ4v) is 1.72. The number of rotatable bonds is 4. The molecule has 0 atom stereocenters. The van der Waals surface area contributed by atoms with Gasteiger partial charge in [-0.15, -0.1) is 0 Å². The lowest BCUT2D eigenvalue weighted by atomic mass is 10.1. The quantitative estimate of drug-likeness (QED) is 0.794. The second-order valence-corrected chi connectivity index (χ2v) is 4.71. The fraction of sp³-hybridized carbons (Fsp3) is 0.0714. The third-order valence-electron chi connectivity index (χ3n) is 2.42. The maximum Gasteiger partial charge on any atom is 0.200 e. The van der Waals surface area contributed by atoms with Crippen molar-refractivity contribution in [3.05, 3.63) is 64.1 Å². The number of Topliss-reactive ketones (excluding diaryl/α,β-unsaturated/α-hetero) is 1. The smallest absolute Gasteiger partial charge is 0.200 e. The molecule has 0 spiro atoms. The van der Waals surface area contributed by atoms with Gasteiger partial charge in [-0.25, -0.2) is 8.78 Å². The van der Waals surface area contributed by atoms with Crippen LogP contribution in [0.4, 0.5) is 8.78 Å². The third-order valence-corrected chi connectivity index (χ3v) is 2.95. The molecule has 98 valence electrons. The van der Waals surface area contributed by atoms with E-state index in [-0.39, 0.29) is 18.1 Å². The molecule has 5 heteroatoms. The second kappa shape index (κ2) is 5.93. The standard InChI is InChI=1S/C14H9BrF2O2/c15-10-3-1-9(2-4-10)13(18)8-19-14-6-5-11(16)7-12(14)17/h1-7H,8H2. The Labute approximate surface area is 117 Å². The maximum atomic E-state index is 13.3. The van der Waals surface area contributed by atoms with Crippen molar-refractivity contribution in [3.63, 3.8) is 0 Å². The molecule has 0 N–H and O–H groups in total. The Hall–Kier alpha value is -1.75. The third kappa shape index (κ3) is 3.61. The number of benzene rings is 2. The van der Waals surface area contributed by atoms with Gasteiger partial charge in [0.05, 0.1) is 0 Å². The normalized spacial score (nSPS) is 10.3. The number of halogens is 3. The molecule has 2 aromatic rings. The second-order valence-electron chi connectivity index (χ2n) is 3.79. The molecule has 0 heterocycles. The van der Waals surface area contributed by atoms with E-state index in [0.717, 1.165) is 16.6 Å². The first-order valence-electron chi connectivity index (χ1n) is 5.43. The summed E-state index contributed by atoms with van der Waals surface area (Å²) in [5.74, 6) is -1.95. The fourth-order valence-electron chi connectivity index (χ4n) is 1.45. The van der Waals surface area contributed by atoms with Crippen LogP contribution in [0.3, 0.4) is 0 Å². The van der Waals surface area contributed by atoms with Crippen LogP contribution in [0.5, 0.6) is 5.75 Å². The van der Waals surface area contributed by atoms with Gasteiger partial charge in [-0.05, 0) is 24.3 Å². The number of hydrogen-bond donors (Lipinski definition) is 0. The van der Waals surface area contributed by atoms with Crippen LogP contribution in [0.15, 0.2) is 46.9 Å². The number of hydrogen-bond acceptors (Lipinski definition) is 2. The van der Waals surface area contributed by atoms with Crippen LogP contribution in [0, 0.1) is 11.6 Å². The Morgan fingerprint density at radius 3 is 2.42 bits per heavy atom. The first kappa shape index (κ1) is 13.7. The maximum absolute atomic E-state index is 13.3. The van der Waals surface area contributed by atoms with Gasteiger partial charge in [-0.1, -0.05) is 28.1 Å². The topological polar surface area (TPSA) is 26.3 Å². The van der Waals surface area contributed by atoms with Crippen molar-refractivity contribution >= 4 is 21.7 Å². The van der Waals surface area contributed by atoms with Crippen molar-refractivity contribution in [2.75, 3.05) is 6.61 Å². The summed E-state index contributed by atoms with van der Waals surface area (Å²) >= 11 is 3.26. The predicted octanol–water partition coefficient (Wildman–Crippen LogP) is 3.99. The van der Waals surface area contributed by atoms with E-state index < -0.39 is 11.6 Å². The molecule has 0 bridgehead atoms. The van der Waals surface area contributed by atoms with E-state index in [2.05, 4.69) is 15.9 Å². The van der Waals surface area contributed by atoms with Crippen LogP contribution in [-0.2, 0) is 0 Å². The molecular formula is C14H9BrF2O2. The van der Waals surface area contributed by atoms with Gasteiger partial charge in [0, 0.05) is 16.1 Å². The lowest BCUT2D eigenvalue weighted by Gasteiger charge is -2.06.